The Morgan fingerprint density at radius 1 is 0.967 bits per heavy atom. The van der Waals surface area contributed by atoms with Crippen LogP contribution in [0.3, 0.4) is 0 Å². The summed E-state index contributed by atoms with van der Waals surface area (Å²) in [6.45, 7) is 2.97. The van der Waals surface area contributed by atoms with Crippen LogP contribution in [0.25, 0.3) is 0 Å². The molecule has 2 aromatic rings. The molecular formula is C22H26N2O5S. The predicted molar refractivity (Wildman–Crippen MR) is 114 cm³/mol. The smallest absolute Gasteiger partial charge is 0.338 e. The molecule has 0 radical (unpaired) electrons. The monoisotopic (exact) mass is 430 g/mol. The molecule has 0 atom stereocenters. The van der Waals surface area contributed by atoms with Crippen molar-refractivity contribution in [3.63, 3.8) is 0 Å². The highest BCUT2D eigenvalue weighted by molar-refractivity contribution is 7.89. The molecule has 1 heterocycles. The molecule has 1 saturated heterocycles. The van der Waals surface area contributed by atoms with Gasteiger partial charge in [0, 0.05) is 24.3 Å². The molecule has 1 aliphatic rings. The van der Waals surface area contributed by atoms with Gasteiger partial charge in [-0.05, 0) is 56.2 Å². The number of nitrogens with zero attached hydrogens (tertiary/aromatic N) is 1. The van der Waals surface area contributed by atoms with E-state index >= 15 is 0 Å². The first-order valence-electron chi connectivity index (χ1n) is 10.1. The average molecular weight is 431 g/mol. The van der Waals surface area contributed by atoms with Gasteiger partial charge in [0.05, 0.1) is 17.1 Å². The molecule has 8 heteroatoms. The fraction of sp³-hybridized carbons (Fsp3) is 0.364. The van der Waals surface area contributed by atoms with Crippen molar-refractivity contribution in [2.75, 3.05) is 25.0 Å². The van der Waals surface area contributed by atoms with Crippen LogP contribution in [-0.4, -0.2) is 44.3 Å². The van der Waals surface area contributed by atoms with E-state index < -0.39 is 21.9 Å². The topological polar surface area (TPSA) is 92.8 Å². The van der Waals surface area contributed by atoms with Gasteiger partial charge in [0.25, 0.3) is 5.91 Å². The number of carbonyl (C=O) groups is 2. The van der Waals surface area contributed by atoms with Crippen LogP contribution in [0.1, 0.15) is 53.3 Å². The third-order valence-electron chi connectivity index (χ3n) is 4.93. The summed E-state index contributed by atoms with van der Waals surface area (Å²) >= 11 is 0. The summed E-state index contributed by atoms with van der Waals surface area (Å²) in [5, 5.41) is 2.71. The number of anilines is 1. The first-order valence-corrected chi connectivity index (χ1v) is 11.5. The van der Waals surface area contributed by atoms with E-state index in [1.807, 2.05) is 0 Å². The number of hydrogen-bond acceptors (Lipinski definition) is 5. The number of rotatable bonds is 6. The largest absolute Gasteiger partial charge is 0.462 e. The van der Waals surface area contributed by atoms with Gasteiger partial charge in [-0.2, -0.15) is 4.31 Å². The Morgan fingerprint density at radius 2 is 1.63 bits per heavy atom. The maximum atomic E-state index is 13.0. The first kappa shape index (κ1) is 22.0. The molecule has 0 aliphatic carbocycles. The van der Waals surface area contributed by atoms with Crippen molar-refractivity contribution < 1.29 is 22.7 Å². The highest BCUT2D eigenvalue weighted by Crippen LogP contribution is 2.22. The highest BCUT2D eigenvalue weighted by Gasteiger charge is 2.25. The van der Waals surface area contributed by atoms with E-state index in [1.54, 1.807) is 37.3 Å². The fourth-order valence-electron chi connectivity index (χ4n) is 3.37. The molecule has 1 amide bonds. The van der Waals surface area contributed by atoms with E-state index in [0.717, 1.165) is 25.7 Å². The van der Waals surface area contributed by atoms with Crippen molar-refractivity contribution in [1.29, 1.82) is 0 Å². The van der Waals surface area contributed by atoms with Crippen LogP contribution in [0.15, 0.2) is 53.4 Å². The standard InChI is InChI=1S/C22H26N2O5S/c1-2-29-22(26)18-10-7-11-19(15-18)23-21(25)17-9-8-12-20(16-17)30(27,28)24-13-5-3-4-6-14-24/h7-12,15-16H,2-6,13-14H2,1H3,(H,23,25). The van der Waals surface area contributed by atoms with E-state index in [0.29, 0.717) is 24.3 Å². The van der Waals surface area contributed by atoms with E-state index in [1.165, 1.54) is 22.5 Å². The van der Waals surface area contributed by atoms with Crippen molar-refractivity contribution in [3.8, 4) is 0 Å². The summed E-state index contributed by atoms with van der Waals surface area (Å²) in [5.74, 6) is -0.928. The molecule has 1 N–H and O–H groups in total. The molecule has 160 valence electrons. The molecule has 30 heavy (non-hydrogen) atoms. The zero-order chi connectivity index (χ0) is 21.6. The van der Waals surface area contributed by atoms with Crippen LogP contribution in [0, 0.1) is 0 Å². The number of nitrogens with one attached hydrogen (secondary N) is 1. The number of amides is 1. The van der Waals surface area contributed by atoms with Crippen LogP contribution in [0.4, 0.5) is 5.69 Å². The lowest BCUT2D eigenvalue weighted by Gasteiger charge is -2.20. The molecule has 1 aliphatic heterocycles. The van der Waals surface area contributed by atoms with Crippen molar-refractivity contribution in [3.05, 3.63) is 59.7 Å². The zero-order valence-electron chi connectivity index (χ0n) is 17.0. The lowest BCUT2D eigenvalue weighted by atomic mass is 10.1. The van der Waals surface area contributed by atoms with Crippen molar-refractivity contribution >= 4 is 27.6 Å². The number of sulfonamides is 1. The van der Waals surface area contributed by atoms with Crippen LogP contribution in [0.5, 0.6) is 0 Å². The van der Waals surface area contributed by atoms with Crippen molar-refractivity contribution in [2.45, 2.75) is 37.5 Å². The maximum Gasteiger partial charge on any atom is 0.338 e. The van der Waals surface area contributed by atoms with Gasteiger partial charge in [0.15, 0.2) is 0 Å². The quantitative estimate of drug-likeness (QED) is 0.706. The summed E-state index contributed by atoms with van der Waals surface area (Å²) in [6.07, 6.45) is 3.74. The third kappa shape index (κ3) is 5.25. The van der Waals surface area contributed by atoms with Gasteiger partial charge in [-0.3, -0.25) is 4.79 Å². The number of benzene rings is 2. The van der Waals surface area contributed by atoms with E-state index in [-0.39, 0.29) is 17.1 Å². The lowest BCUT2D eigenvalue weighted by molar-refractivity contribution is 0.0526. The molecule has 1 fully saturated rings. The molecule has 3 rings (SSSR count). The van der Waals surface area contributed by atoms with Gasteiger partial charge in [0.2, 0.25) is 10.0 Å². The van der Waals surface area contributed by atoms with Gasteiger partial charge in [-0.25, -0.2) is 13.2 Å². The Hall–Kier alpha value is -2.71. The molecule has 0 saturated carbocycles. The number of carbonyl (C=O) groups excluding carboxylic acids is 2. The van der Waals surface area contributed by atoms with Gasteiger partial charge < -0.3 is 10.1 Å². The summed E-state index contributed by atoms with van der Waals surface area (Å²) < 4.78 is 32.5. The SMILES string of the molecule is CCOC(=O)c1cccc(NC(=O)c2cccc(S(=O)(=O)N3CCCCCC3)c2)c1. The molecule has 2 aromatic carbocycles. The van der Waals surface area contributed by atoms with E-state index in [9.17, 15) is 18.0 Å². The summed E-state index contributed by atoms with van der Waals surface area (Å²) in [6, 6.07) is 12.4. The van der Waals surface area contributed by atoms with Gasteiger partial charge in [0.1, 0.15) is 0 Å². The number of esters is 1. The van der Waals surface area contributed by atoms with Crippen LogP contribution >= 0.6 is 0 Å². The predicted octanol–water partition coefficient (Wildman–Crippen LogP) is 3.68. The number of hydrogen-bond donors (Lipinski definition) is 1. The second kappa shape index (κ2) is 9.86. The van der Waals surface area contributed by atoms with Gasteiger partial charge in [-0.1, -0.05) is 25.0 Å². The fourth-order valence-corrected chi connectivity index (χ4v) is 4.93. The average Bonchev–Trinajstić information content (AvgIpc) is 3.04. The van der Waals surface area contributed by atoms with Gasteiger partial charge in [-0.15, -0.1) is 0 Å². The third-order valence-corrected chi connectivity index (χ3v) is 6.83. The zero-order valence-corrected chi connectivity index (χ0v) is 17.8. The maximum absolute atomic E-state index is 13.0. The molecule has 0 aromatic heterocycles. The molecule has 7 nitrogen and oxygen atoms in total. The molecule has 0 spiro atoms. The van der Waals surface area contributed by atoms with E-state index in [2.05, 4.69) is 5.32 Å². The number of ether oxygens (including phenoxy) is 1. The molecular weight excluding hydrogens is 404 g/mol. The highest BCUT2D eigenvalue weighted by atomic mass is 32.2. The molecule has 0 bridgehead atoms. The van der Waals surface area contributed by atoms with Crippen LogP contribution in [0.2, 0.25) is 0 Å². The summed E-state index contributed by atoms with van der Waals surface area (Å²) in [5.41, 5.74) is 0.978. The Labute approximate surface area is 177 Å². The Kier molecular flexibility index (Phi) is 7.23. The Morgan fingerprint density at radius 3 is 2.33 bits per heavy atom. The second-order valence-electron chi connectivity index (χ2n) is 7.10. The lowest BCUT2D eigenvalue weighted by Crippen LogP contribution is -2.32. The van der Waals surface area contributed by atoms with Crippen LogP contribution < -0.4 is 5.32 Å². The minimum absolute atomic E-state index is 0.109. The molecule has 0 unspecified atom stereocenters. The summed E-state index contributed by atoms with van der Waals surface area (Å²) in [4.78, 5) is 24.7. The second-order valence-corrected chi connectivity index (χ2v) is 9.04. The normalized spacial score (nSPS) is 15.2. The first-order chi connectivity index (χ1) is 14.4. The van der Waals surface area contributed by atoms with Crippen molar-refractivity contribution in [2.24, 2.45) is 0 Å². The van der Waals surface area contributed by atoms with E-state index in [4.69, 9.17) is 4.74 Å². The minimum atomic E-state index is -3.65. The summed E-state index contributed by atoms with van der Waals surface area (Å²) in [7, 11) is -3.65. The van der Waals surface area contributed by atoms with Gasteiger partial charge >= 0.3 is 5.97 Å². The minimum Gasteiger partial charge on any atom is -0.462 e. The Balaban J connectivity index is 1.78. The Bertz CT molecular complexity index is 1010. The van der Waals surface area contributed by atoms with Crippen molar-refractivity contribution in [1.82, 2.24) is 4.31 Å². The van der Waals surface area contributed by atoms with Crippen LogP contribution in [-0.2, 0) is 14.8 Å².